The first kappa shape index (κ1) is 15.8. The fraction of sp³-hybridized carbons (Fsp3) is 0.182. The zero-order valence-electron chi connectivity index (χ0n) is 13.9. The Bertz CT molecular complexity index is 693. The summed E-state index contributed by atoms with van der Waals surface area (Å²) >= 11 is 0. The summed E-state index contributed by atoms with van der Waals surface area (Å²) in [5.74, 6) is 0.672. The van der Waals surface area contributed by atoms with Crippen LogP contribution in [-0.4, -0.2) is 8.80 Å². The van der Waals surface area contributed by atoms with Gasteiger partial charge in [-0.15, -0.1) is 0 Å². The molecule has 0 aliphatic carbocycles. The maximum absolute atomic E-state index is 2.34. The van der Waals surface area contributed by atoms with E-state index in [2.05, 4.69) is 98.8 Å². The molecule has 0 saturated carbocycles. The van der Waals surface area contributed by atoms with Crippen molar-refractivity contribution in [1.29, 1.82) is 0 Å². The van der Waals surface area contributed by atoms with Gasteiger partial charge < -0.3 is 0 Å². The minimum atomic E-state index is -0.952. The predicted octanol–water partition coefficient (Wildman–Crippen LogP) is 3.40. The van der Waals surface area contributed by atoms with Crippen LogP contribution in [0.25, 0.3) is 0 Å². The topological polar surface area (TPSA) is 0 Å². The van der Waals surface area contributed by atoms with Crippen LogP contribution in [0.1, 0.15) is 19.4 Å². The SMILES string of the molecule is CC(C)Cc1ccccc1[Si](c1ccccc1)c1ccccc1. The van der Waals surface area contributed by atoms with E-state index in [1.807, 2.05) is 0 Å². The second kappa shape index (κ2) is 7.43. The molecular weight excluding hydrogens is 292 g/mol. The number of hydrogen-bond donors (Lipinski definition) is 0. The Morgan fingerprint density at radius 1 is 0.652 bits per heavy atom. The van der Waals surface area contributed by atoms with E-state index in [0.29, 0.717) is 5.92 Å². The van der Waals surface area contributed by atoms with Crippen LogP contribution in [-0.2, 0) is 6.42 Å². The fourth-order valence-corrected chi connectivity index (χ4v) is 5.85. The van der Waals surface area contributed by atoms with Crippen LogP contribution < -0.4 is 15.6 Å². The molecule has 0 N–H and O–H groups in total. The van der Waals surface area contributed by atoms with E-state index in [9.17, 15) is 0 Å². The molecule has 0 atom stereocenters. The first-order chi connectivity index (χ1) is 11.3. The molecule has 0 aliphatic rings. The van der Waals surface area contributed by atoms with Gasteiger partial charge in [0.05, 0.1) is 0 Å². The first-order valence-electron chi connectivity index (χ1n) is 8.32. The minimum Gasteiger partial charge on any atom is -0.0625 e. The molecule has 0 aromatic heterocycles. The van der Waals surface area contributed by atoms with Crippen LogP contribution in [0, 0.1) is 5.92 Å². The molecule has 0 saturated heterocycles. The van der Waals surface area contributed by atoms with Crippen LogP contribution >= 0.6 is 0 Å². The lowest BCUT2D eigenvalue weighted by Crippen LogP contribution is -2.53. The minimum absolute atomic E-state index is 0.672. The maximum Gasteiger partial charge on any atom is 0.154 e. The number of benzene rings is 3. The van der Waals surface area contributed by atoms with E-state index >= 15 is 0 Å². The van der Waals surface area contributed by atoms with Crippen molar-refractivity contribution in [2.24, 2.45) is 5.92 Å². The molecule has 1 radical (unpaired) electrons. The van der Waals surface area contributed by atoms with Gasteiger partial charge in [-0.05, 0) is 23.1 Å². The van der Waals surface area contributed by atoms with E-state index in [0.717, 1.165) is 6.42 Å². The van der Waals surface area contributed by atoms with Crippen molar-refractivity contribution in [1.82, 2.24) is 0 Å². The van der Waals surface area contributed by atoms with E-state index in [4.69, 9.17) is 0 Å². The zero-order valence-corrected chi connectivity index (χ0v) is 14.9. The standard InChI is InChI=1S/C22H23Si/c1-18(2)17-19-11-9-10-16-22(19)23(20-12-5-3-6-13-20)21-14-7-4-8-15-21/h3-16,18H,17H2,1-2H3. The van der Waals surface area contributed by atoms with E-state index in [-0.39, 0.29) is 0 Å². The van der Waals surface area contributed by atoms with Crippen molar-refractivity contribution >= 4 is 24.4 Å². The lowest BCUT2D eigenvalue weighted by molar-refractivity contribution is 0.649. The summed E-state index contributed by atoms with van der Waals surface area (Å²) in [6.07, 6.45) is 1.14. The van der Waals surface area contributed by atoms with Crippen LogP contribution in [0.2, 0.25) is 0 Å². The second-order valence-corrected chi connectivity index (χ2v) is 8.81. The molecule has 0 nitrogen and oxygen atoms in total. The second-order valence-electron chi connectivity index (χ2n) is 6.36. The molecule has 1 heteroatoms. The van der Waals surface area contributed by atoms with E-state index in [1.54, 1.807) is 0 Å². The largest absolute Gasteiger partial charge is 0.154 e. The molecular formula is C22H23Si. The molecule has 0 aliphatic heterocycles. The normalized spacial score (nSPS) is 11.1. The molecule has 115 valence electrons. The van der Waals surface area contributed by atoms with Gasteiger partial charge in [0.25, 0.3) is 0 Å². The van der Waals surface area contributed by atoms with Crippen LogP contribution in [0.15, 0.2) is 84.9 Å². The molecule has 0 unspecified atom stereocenters. The van der Waals surface area contributed by atoms with Gasteiger partial charge in [-0.2, -0.15) is 0 Å². The Labute approximate surface area is 141 Å². The molecule has 23 heavy (non-hydrogen) atoms. The van der Waals surface area contributed by atoms with Crippen molar-refractivity contribution in [3.63, 3.8) is 0 Å². The highest BCUT2D eigenvalue weighted by atomic mass is 28.3. The number of rotatable bonds is 5. The highest BCUT2D eigenvalue weighted by molar-refractivity contribution is 6.95. The first-order valence-corrected chi connectivity index (χ1v) is 9.82. The Morgan fingerprint density at radius 3 is 1.65 bits per heavy atom. The van der Waals surface area contributed by atoms with Gasteiger partial charge in [0.15, 0.2) is 8.80 Å². The molecule has 3 aromatic rings. The van der Waals surface area contributed by atoms with Gasteiger partial charge >= 0.3 is 0 Å². The van der Waals surface area contributed by atoms with Gasteiger partial charge in [-0.3, -0.25) is 0 Å². The van der Waals surface area contributed by atoms with Gasteiger partial charge in [-0.25, -0.2) is 0 Å². The monoisotopic (exact) mass is 315 g/mol. The molecule has 0 bridgehead atoms. The smallest absolute Gasteiger partial charge is 0.0625 e. The maximum atomic E-state index is 2.34. The van der Waals surface area contributed by atoms with Gasteiger partial charge in [0.1, 0.15) is 0 Å². The molecule has 3 aromatic carbocycles. The van der Waals surface area contributed by atoms with E-state index in [1.165, 1.54) is 21.1 Å². The van der Waals surface area contributed by atoms with Crippen molar-refractivity contribution in [2.45, 2.75) is 20.3 Å². The Morgan fingerprint density at radius 2 is 1.13 bits per heavy atom. The van der Waals surface area contributed by atoms with Crippen molar-refractivity contribution in [3.05, 3.63) is 90.5 Å². The van der Waals surface area contributed by atoms with Crippen molar-refractivity contribution in [2.75, 3.05) is 0 Å². The van der Waals surface area contributed by atoms with Crippen LogP contribution in [0.4, 0.5) is 0 Å². The van der Waals surface area contributed by atoms with E-state index < -0.39 is 8.80 Å². The lowest BCUT2D eigenvalue weighted by atomic mass is 10.0. The van der Waals surface area contributed by atoms with Gasteiger partial charge in [0.2, 0.25) is 0 Å². The van der Waals surface area contributed by atoms with Crippen LogP contribution in [0.5, 0.6) is 0 Å². The quantitative estimate of drug-likeness (QED) is 0.500. The molecule has 0 fully saturated rings. The van der Waals surface area contributed by atoms with Gasteiger partial charge in [-0.1, -0.05) is 109 Å². The summed E-state index contributed by atoms with van der Waals surface area (Å²) in [5, 5.41) is 4.45. The lowest BCUT2D eigenvalue weighted by Gasteiger charge is -2.21. The average Bonchev–Trinajstić information content (AvgIpc) is 2.58. The highest BCUT2D eigenvalue weighted by Gasteiger charge is 2.21. The predicted molar refractivity (Wildman–Crippen MR) is 103 cm³/mol. The molecule has 3 rings (SSSR count). The third-order valence-electron chi connectivity index (χ3n) is 4.04. The Hall–Kier alpha value is -2.12. The summed E-state index contributed by atoms with van der Waals surface area (Å²) in [4.78, 5) is 0. The third kappa shape index (κ3) is 3.80. The summed E-state index contributed by atoms with van der Waals surface area (Å²) in [7, 11) is -0.952. The molecule has 0 heterocycles. The molecule has 0 spiro atoms. The highest BCUT2D eigenvalue weighted by Crippen LogP contribution is 2.07. The summed E-state index contributed by atoms with van der Waals surface area (Å²) < 4.78 is 0. The van der Waals surface area contributed by atoms with Crippen molar-refractivity contribution < 1.29 is 0 Å². The van der Waals surface area contributed by atoms with Gasteiger partial charge in [0, 0.05) is 0 Å². The van der Waals surface area contributed by atoms with Crippen LogP contribution in [0.3, 0.4) is 0 Å². The Balaban J connectivity index is 2.14. The molecule has 0 amide bonds. The van der Waals surface area contributed by atoms with Crippen molar-refractivity contribution in [3.8, 4) is 0 Å². The summed E-state index contributed by atoms with van der Waals surface area (Å²) in [5.41, 5.74) is 1.50. The summed E-state index contributed by atoms with van der Waals surface area (Å²) in [6, 6.07) is 31.0. The zero-order chi connectivity index (χ0) is 16.1. The fourth-order valence-electron chi connectivity index (χ4n) is 3.07. The summed E-state index contributed by atoms with van der Waals surface area (Å²) in [6.45, 7) is 4.60. The Kier molecular flexibility index (Phi) is 5.09. The third-order valence-corrected chi connectivity index (χ3v) is 6.89. The average molecular weight is 316 g/mol. The number of hydrogen-bond acceptors (Lipinski definition) is 0.